The molecule has 3 aliphatic carbocycles. The first-order valence-electron chi connectivity index (χ1n) is 7.06. The molecule has 5 heteroatoms. The van der Waals surface area contributed by atoms with E-state index in [1.165, 1.54) is 6.26 Å². The van der Waals surface area contributed by atoms with Crippen LogP contribution >= 0.6 is 11.6 Å². The van der Waals surface area contributed by atoms with Crippen LogP contribution in [0.25, 0.3) is 0 Å². The topological polar surface area (TPSA) is 46.2 Å². The molecule has 1 aliphatic heterocycles. The Labute approximate surface area is 124 Å². The van der Waals surface area contributed by atoms with Gasteiger partial charge in [-0.05, 0) is 66.8 Å². The molecule has 0 unspecified atom stereocenters. The zero-order chi connectivity index (χ0) is 14.2. The Hall–Kier alpha value is -0.580. The summed E-state index contributed by atoms with van der Waals surface area (Å²) < 4.78 is 24.0. The Bertz CT molecular complexity index is 674. The zero-order valence-electron chi connectivity index (χ0n) is 11.4. The summed E-state index contributed by atoms with van der Waals surface area (Å²) in [5.41, 5.74) is 1.61. The second-order valence-corrected chi connectivity index (χ2v) is 9.36. The molecule has 0 spiro atoms. The molecule has 1 aromatic rings. The van der Waals surface area contributed by atoms with Gasteiger partial charge in [-0.15, -0.1) is 0 Å². The highest BCUT2D eigenvalue weighted by Gasteiger charge is 2.71. The fraction of sp³-hybridized carbons (Fsp3) is 0.600. The molecule has 3 nitrogen and oxygen atoms in total. The molecule has 3 saturated carbocycles. The van der Waals surface area contributed by atoms with Gasteiger partial charge in [0.25, 0.3) is 0 Å². The first-order valence-corrected chi connectivity index (χ1v) is 9.33. The summed E-state index contributed by atoms with van der Waals surface area (Å²) in [5.74, 6) is 0.804. The predicted octanol–water partition coefficient (Wildman–Crippen LogP) is 2.38. The maximum absolute atomic E-state index is 12.0. The first-order chi connectivity index (χ1) is 9.35. The Balaban J connectivity index is 1.69. The maximum Gasteiger partial charge on any atom is 0.175 e. The highest BCUT2D eigenvalue weighted by Crippen LogP contribution is 2.77. The van der Waals surface area contributed by atoms with E-state index in [2.05, 4.69) is 5.32 Å². The van der Waals surface area contributed by atoms with E-state index in [9.17, 15) is 8.42 Å². The van der Waals surface area contributed by atoms with Crippen molar-refractivity contribution in [3.8, 4) is 0 Å². The van der Waals surface area contributed by atoms with Crippen LogP contribution in [0.1, 0.15) is 24.8 Å². The maximum atomic E-state index is 12.0. The molecule has 4 aliphatic rings. The van der Waals surface area contributed by atoms with Crippen molar-refractivity contribution in [3.05, 3.63) is 28.8 Å². The standard InChI is InChI=1S/C15H18ClNO2S/c1-20(18,19)13-4-11(16)2-3-12(13)15-7-14(8-15,9-15)10-5-17-6-10/h2-4,10,17H,5-9H2,1H3. The summed E-state index contributed by atoms with van der Waals surface area (Å²) in [6.45, 7) is 2.27. The van der Waals surface area contributed by atoms with Gasteiger partial charge >= 0.3 is 0 Å². The summed E-state index contributed by atoms with van der Waals surface area (Å²) in [4.78, 5) is 0.435. The van der Waals surface area contributed by atoms with E-state index in [4.69, 9.17) is 11.6 Å². The smallest absolute Gasteiger partial charge is 0.175 e. The molecule has 5 rings (SSSR count). The van der Waals surface area contributed by atoms with Gasteiger partial charge in [-0.25, -0.2) is 8.42 Å². The SMILES string of the molecule is CS(=O)(=O)c1cc(Cl)ccc1C12CC(C3CNC3)(C1)C2. The highest BCUT2D eigenvalue weighted by atomic mass is 35.5. The lowest BCUT2D eigenvalue weighted by molar-refractivity contribution is -0.192. The van der Waals surface area contributed by atoms with E-state index < -0.39 is 9.84 Å². The number of halogens is 1. The molecule has 1 heterocycles. The number of hydrogen-bond acceptors (Lipinski definition) is 3. The number of sulfone groups is 1. The minimum atomic E-state index is -3.22. The van der Waals surface area contributed by atoms with Crippen LogP contribution in [0, 0.1) is 11.3 Å². The molecule has 1 saturated heterocycles. The molecule has 0 radical (unpaired) electrons. The van der Waals surface area contributed by atoms with E-state index in [1.54, 1.807) is 6.07 Å². The molecule has 1 aromatic carbocycles. The molecule has 0 aromatic heterocycles. The molecular weight excluding hydrogens is 294 g/mol. The normalized spacial score (nSPS) is 35.9. The third-order valence-electron chi connectivity index (χ3n) is 5.63. The lowest BCUT2D eigenvalue weighted by Gasteiger charge is -2.75. The highest BCUT2D eigenvalue weighted by molar-refractivity contribution is 7.90. The van der Waals surface area contributed by atoms with Gasteiger partial charge in [-0.2, -0.15) is 0 Å². The van der Waals surface area contributed by atoms with Crippen LogP contribution in [0.5, 0.6) is 0 Å². The van der Waals surface area contributed by atoms with Gasteiger partial charge in [0.05, 0.1) is 4.90 Å². The Kier molecular flexibility index (Phi) is 2.48. The lowest BCUT2D eigenvalue weighted by atomic mass is 9.30. The van der Waals surface area contributed by atoms with Crippen molar-refractivity contribution in [1.82, 2.24) is 5.32 Å². The Morgan fingerprint density at radius 3 is 2.40 bits per heavy atom. The minimum Gasteiger partial charge on any atom is -0.316 e. The quantitative estimate of drug-likeness (QED) is 0.932. The molecule has 20 heavy (non-hydrogen) atoms. The number of hydrogen-bond donors (Lipinski definition) is 1. The number of rotatable bonds is 3. The van der Waals surface area contributed by atoms with Crippen LogP contribution in [0.4, 0.5) is 0 Å². The van der Waals surface area contributed by atoms with Gasteiger partial charge in [0.15, 0.2) is 9.84 Å². The number of benzene rings is 1. The van der Waals surface area contributed by atoms with Crippen LogP contribution in [0.2, 0.25) is 5.02 Å². The first kappa shape index (κ1) is 13.1. The van der Waals surface area contributed by atoms with Gasteiger partial charge in [0.2, 0.25) is 0 Å². The largest absolute Gasteiger partial charge is 0.316 e. The van der Waals surface area contributed by atoms with Gasteiger partial charge in [0, 0.05) is 11.3 Å². The summed E-state index contributed by atoms with van der Waals surface area (Å²) in [5, 5.41) is 3.84. The molecule has 1 N–H and O–H groups in total. The van der Waals surface area contributed by atoms with Gasteiger partial charge in [-0.3, -0.25) is 0 Å². The monoisotopic (exact) mass is 311 g/mol. The second-order valence-electron chi connectivity index (χ2n) is 6.94. The van der Waals surface area contributed by atoms with Crippen LogP contribution in [-0.2, 0) is 15.3 Å². The van der Waals surface area contributed by atoms with Crippen molar-refractivity contribution in [2.24, 2.45) is 11.3 Å². The van der Waals surface area contributed by atoms with Crippen molar-refractivity contribution in [2.75, 3.05) is 19.3 Å². The third-order valence-corrected chi connectivity index (χ3v) is 7.01. The van der Waals surface area contributed by atoms with Crippen molar-refractivity contribution < 1.29 is 8.42 Å². The summed E-state index contributed by atoms with van der Waals surface area (Å²) in [7, 11) is -3.22. The van der Waals surface area contributed by atoms with Gasteiger partial charge < -0.3 is 5.32 Å². The Morgan fingerprint density at radius 2 is 1.90 bits per heavy atom. The lowest BCUT2D eigenvalue weighted by Crippen LogP contribution is -2.72. The zero-order valence-corrected chi connectivity index (χ0v) is 13.0. The van der Waals surface area contributed by atoms with Crippen molar-refractivity contribution >= 4 is 21.4 Å². The van der Waals surface area contributed by atoms with Crippen molar-refractivity contribution in [3.63, 3.8) is 0 Å². The number of nitrogens with one attached hydrogen (secondary N) is 1. The fourth-order valence-electron chi connectivity index (χ4n) is 4.55. The minimum absolute atomic E-state index is 0.110. The van der Waals surface area contributed by atoms with E-state index in [0.29, 0.717) is 15.3 Å². The fourth-order valence-corrected chi connectivity index (χ4v) is 5.81. The summed E-state index contributed by atoms with van der Waals surface area (Å²) in [6.07, 6.45) is 4.72. The van der Waals surface area contributed by atoms with Crippen LogP contribution in [0.15, 0.2) is 23.1 Å². The van der Waals surface area contributed by atoms with E-state index in [-0.39, 0.29) is 5.41 Å². The van der Waals surface area contributed by atoms with E-state index in [1.807, 2.05) is 12.1 Å². The van der Waals surface area contributed by atoms with E-state index >= 15 is 0 Å². The molecule has 4 fully saturated rings. The second kappa shape index (κ2) is 3.79. The predicted molar refractivity (Wildman–Crippen MR) is 78.9 cm³/mol. The summed E-state index contributed by atoms with van der Waals surface area (Å²) >= 11 is 5.98. The Morgan fingerprint density at radius 1 is 1.25 bits per heavy atom. The average molecular weight is 312 g/mol. The van der Waals surface area contributed by atoms with Crippen molar-refractivity contribution in [1.29, 1.82) is 0 Å². The van der Waals surface area contributed by atoms with Crippen molar-refractivity contribution in [2.45, 2.75) is 29.6 Å². The van der Waals surface area contributed by atoms with Gasteiger partial charge in [-0.1, -0.05) is 17.7 Å². The third kappa shape index (κ3) is 1.59. The van der Waals surface area contributed by atoms with Gasteiger partial charge in [0.1, 0.15) is 0 Å². The average Bonchev–Trinajstić information content (AvgIpc) is 2.17. The molecular formula is C15H18ClNO2S. The van der Waals surface area contributed by atoms with Crippen LogP contribution in [0.3, 0.4) is 0 Å². The van der Waals surface area contributed by atoms with Crippen LogP contribution < -0.4 is 5.32 Å². The van der Waals surface area contributed by atoms with E-state index in [0.717, 1.165) is 43.8 Å². The molecule has 2 bridgehead atoms. The molecule has 0 amide bonds. The van der Waals surface area contributed by atoms with Crippen LogP contribution in [-0.4, -0.2) is 27.8 Å². The molecule has 0 atom stereocenters. The summed E-state index contributed by atoms with van der Waals surface area (Å²) in [6, 6.07) is 5.37. The molecule has 108 valence electrons.